The first-order chi connectivity index (χ1) is 8.76. The first-order valence-electron chi connectivity index (χ1n) is 5.69. The Morgan fingerprint density at radius 2 is 2.33 bits per heavy atom. The number of nitrogens with zero attached hydrogens (tertiary/aromatic N) is 4. The van der Waals surface area contributed by atoms with E-state index >= 15 is 0 Å². The fourth-order valence-corrected chi connectivity index (χ4v) is 1.78. The second kappa shape index (κ2) is 5.65. The highest BCUT2D eigenvalue weighted by atomic mass is 19.1. The predicted molar refractivity (Wildman–Crippen MR) is 63.7 cm³/mol. The summed E-state index contributed by atoms with van der Waals surface area (Å²) in [4.78, 5) is 8.15. The monoisotopic (exact) mass is 250 g/mol. The van der Waals surface area contributed by atoms with Crippen molar-refractivity contribution in [1.82, 2.24) is 25.2 Å². The molecule has 0 aliphatic heterocycles. The van der Waals surface area contributed by atoms with Crippen molar-refractivity contribution in [3.63, 3.8) is 0 Å². The van der Waals surface area contributed by atoms with Crippen LogP contribution in [0.1, 0.15) is 24.5 Å². The summed E-state index contributed by atoms with van der Waals surface area (Å²) in [7, 11) is 0. The van der Waals surface area contributed by atoms with Crippen LogP contribution in [0.5, 0.6) is 0 Å². The van der Waals surface area contributed by atoms with Crippen LogP contribution in [0.4, 0.5) is 4.39 Å². The van der Waals surface area contributed by atoms with Crippen molar-refractivity contribution < 1.29 is 4.39 Å². The van der Waals surface area contributed by atoms with Gasteiger partial charge in [0.15, 0.2) is 0 Å². The number of hydrazine groups is 1. The number of nitrogens with two attached hydrogens (primary N) is 1. The Kier molecular flexibility index (Phi) is 3.96. The third-order valence-corrected chi connectivity index (χ3v) is 2.70. The van der Waals surface area contributed by atoms with Gasteiger partial charge in [0.1, 0.15) is 18.0 Å². The molecule has 0 spiro atoms. The van der Waals surface area contributed by atoms with Gasteiger partial charge in [-0.3, -0.25) is 20.9 Å². The van der Waals surface area contributed by atoms with Crippen LogP contribution < -0.4 is 11.3 Å². The van der Waals surface area contributed by atoms with Gasteiger partial charge in [0.25, 0.3) is 0 Å². The Balaban J connectivity index is 2.23. The average molecular weight is 250 g/mol. The molecule has 0 fully saturated rings. The van der Waals surface area contributed by atoms with Gasteiger partial charge in [0, 0.05) is 19.2 Å². The van der Waals surface area contributed by atoms with E-state index in [2.05, 4.69) is 20.5 Å². The van der Waals surface area contributed by atoms with E-state index in [1.165, 1.54) is 18.6 Å². The standard InChI is InChI=1S/C11H15FN6/c1-2-18-10(15-7-16-18)6-9(17-13)11-8(12)4-3-5-14-11/h3-5,7,9,17H,2,6,13H2,1H3. The van der Waals surface area contributed by atoms with Gasteiger partial charge in [-0.1, -0.05) is 0 Å². The van der Waals surface area contributed by atoms with E-state index in [0.29, 0.717) is 13.0 Å². The summed E-state index contributed by atoms with van der Waals surface area (Å²) in [6.07, 6.45) is 3.44. The van der Waals surface area contributed by atoms with Crippen LogP contribution in [0.3, 0.4) is 0 Å². The van der Waals surface area contributed by atoms with Gasteiger partial charge in [-0.2, -0.15) is 5.10 Å². The van der Waals surface area contributed by atoms with Crippen molar-refractivity contribution in [3.05, 3.63) is 42.0 Å². The van der Waals surface area contributed by atoms with E-state index in [0.717, 1.165) is 5.82 Å². The minimum absolute atomic E-state index is 0.283. The highest BCUT2D eigenvalue weighted by molar-refractivity contribution is 5.13. The fourth-order valence-electron chi connectivity index (χ4n) is 1.78. The Hall–Kier alpha value is -1.86. The summed E-state index contributed by atoms with van der Waals surface area (Å²) in [6.45, 7) is 2.67. The lowest BCUT2D eigenvalue weighted by atomic mass is 10.1. The lowest BCUT2D eigenvalue weighted by Gasteiger charge is -2.15. The highest BCUT2D eigenvalue weighted by Crippen LogP contribution is 2.17. The molecule has 0 aliphatic rings. The SMILES string of the molecule is CCn1ncnc1CC(NN)c1ncccc1F. The molecule has 0 saturated carbocycles. The number of aromatic nitrogens is 4. The maximum atomic E-state index is 13.6. The van der Waals surface area contributed by atoms with E-state index in [4.69, 9.17) is 5.84 Å². The molecular weight excluding hydrogens is 235 g/mol. The number of hydrogen-bond acceptors (Lipinski definition) is 5. The normalized spacial score (nSPS) is 12.6. The molecule has 0 saturated heterocycles. The van der Waals surface area contributed by atoms with Crippen molar-refractivity contribution in [3.8, 4) is 0 Å². The van der Waals surface area contributed by atoms with Gasteiger partial charge in [-0.15, -0.1) is 0 Å². The Bertz CT molecular complexity index is 512. The van der Waals surface area contributed by atoms with Crippen LogP contribution in [0.15, 0.2) is 24.7 Å². The van der Waals surface area contributed by atoms with E-state index in [1.807, 2.05) is 6.92 Å². The molecule has 1 unspecified atom stereocenters. The van der Waals surface area contributed by atoms with Gasteiger partial charge in [-0.05, 0) is 19.1 Å². The van der Waals surface area contributed by atoms with Gasteiger partial charge in [0.2, 0.25) is 0 Å². The van der Waals surface area contributed by atoms with Crippen LogP contribution in [0.2, 0.25) is 0 Å². The van der Waals surface area contributed by atoms with Crippen molar-refractivity contribution in [2.75, 3.05) is 0 Å². The third-order valence-electron chi connectivity index (χ3n) is 2.70. The fraction of sp³-hybridized carbons (Fsp3) is 0.364. The maximum absolute atomic E-state index is 13.6. The number of rotatable bonds is 5. The molecule has 0 bridgehead atoms. The van der Waals surface area contributed by atoms with Crippen molar-refractivity contribution in [2.24, 2.45) is 5.84 Å². The molecule has 2 aromatic rings. The first kappa shape index (κ1) is 12.6. The van der Waals surface area contributed by atoms with E-state index in [1.54, 1.807) is 10.7 Å². The molecule has 0 aromatic carbocycles. The zero-order chi connectivity index (χ0) is 13.0. The molecule has 6 nitrogen and oxygen atoms in total. The van der Waals surface area contributed by atoms with E-state index < -0.39 is 6.04 Å². The number of halogens is 1. The number of hydrogen-bond donors (Lipinski definition) is 2. The van der Waals surface area contributed by atoms with Crippen LogP contribution in [-0.2, 0) is 13.0 Å². The van der Waals surface area contributed by atoms with Crippen molar-refractivity contribution in [1.29, 1.82) is 0 Å². The quantitative estimate of drug-likeness (QED) is 0.599. The molecule has 0 radical (unpaired) electrons. The number of nitrogens with one attached hydrogen (secondary N) is 1. The second-order valence-corrected chi connectivity index (χ2v) is 3.79. The van der Waals surface area contributed by atoms with Crippen LogP contribution in [-0.4, -0.2) is 19.7 Å². The van der Waals surface area contributed by atoms with Gasteiger partial charge in [0.05, 0.1) is 11.7 Å². The number of pyridine rings is 1. The van der Waals surface area contributed by atoms with Crippen LogP contribution in [0, 0.1) is 5.82 Å². The number of aryl methyl sites for hydroxylation is 1. The summed E-state index contributed by atoms with van der Waals surface area (Å²) in [5, 5.41) is 4.06. The van der Waals surface area contributed by atoms with E-state index in [9.17, 15) is 4.39 Å². The lowest BCUT2D eigenvalue weighted by molar-refractivity contribution is 0.472. The molecular formula is C11H15FN6. The van der Waals surface area contributed by atoms with Crippen LogP contribution >= 0.6 is 0 Å². The largest absolute Gasteiger partial charge is 0.271 e. The van der Waals surface area contributed by atoms with Gasteiger partial charge in [-0.25, -0.2) is 9.37 Å². The molecule has 18 heavy (non-hydrogen) atoms. The van der Waals surface area contributed by atoms with Gasteiger partial charge < -0.3 is 0 Å². The van der Waals surface area contributed by atoms with E-state index in [-0.39, 0.29) is 11.5 Å². The molecule has 3 N–H and O–H groups in total. The lowest BCUT2D eigenvalue weighted by Crippen LogP contribution is -2.31. The summed E-state index contributed by atoms with van der Waals surface area (Å²) < 4.78 is 15.4. The van der Waals surface area contributed by atoms with Crippen LogP contribution in [0.25, 0.3) is 0 Å². The predicted octanol–water partition coefficient (Wildman–Crippen LogP) is 0.579. The molecule has 0 amide bonds. The zero-order valence-corrected chi connectivity index (χ0v) is 10.0. The van der Waals surface area contributed by atoms with Gasteiger partial charge >= 0.3 is 0 Å². The summed E-state index contributed by atoms with van der Waals surface area (Å²) in [6, 6.07) is 2.47. The third kappa shape index (κ3) is 2.52. The summed E-state index contributed by atoms with van der Waals surface area (Å²) in [5.74, 6) is 5.82. The molecule has 2 heterocycles. The Morgan fingerprint density at radius 3 is 3.00 bits per heavy atom. The topological polar surface area (TPSA) is 81.7 Å². The molecule has 1 atom stereocenters. The smallest absolute Gasteiger partial charge is 0.146 e. The highest BCUT2D eigenvalue weighted by Gasteiger charge is 2.18. The first-order valence-corrected chi connectivity index (χ1v) is 5.69. The molecule has 2 aromatic heterocycles. The molecule has 0 aliphatic carbocycles. The summed E-state index contributed by atoms with van der Waals surface area (Å²) in [5.41, 5.74) is 2.85. The minimum atomic E-state index is -0.430. The average Bonchev–Trinajstić information content (AvgIpc) is 2.84. The molecule has 7 heteroatoms. The molecule has 2 rings (SSSR count). The van der Waals surface area contributed by atoms with Crippen molar-refractivity contribution in [2.45, 2.75) is 25.9 Å². The Labute approximate surface area is 104 Å². The molecule has 96 valence electrons. The van der Waals surface area contributed by atoms with Crippen molar-refractivity contribution >= 4 is 0 Å². The second-order valence-electron chi connectivity index (χ2n) is 3.79. The Morgan fingerprint density at radius 1 is 1.50 bits per heavy atom. The maximum Gasteiger partial charge on any atom is 0.146 e. The zero-order valence-electron chi connectivity index (χ0n) is 10.0. The minimum Gasteiger partial charge on any atom is -0.271 e. The summed E-state index contributed by atoms with van der Waals surface area (Å²) >= 11 is 0.